The second-order valence-electron chi connectivity index (χ2n) is 6.48. The van der Waals surface area contributed by atoms with E-state index in [1.165, 1.54) is 11.3 Å². The molecule has 3 N–H and O–H groups in total. The van der Waals surface area contributed by atoms with E-state index in [0.717, 1.165) is 22.2 Å². The van der Waals surface area contributed by atoms with Crippen LogP contribution in [0.25, 0.3) is 10.2 Å². The number of nitrogens with two attached hydrogens (primary N) is 1. The van der Waals surface area contributed by atoms with Crippen LogP contribution in [0.4, 0.5) is 5.95 Å². The van der Waals surface area contributed by atoms with Gasteiger partial charge >= 0.3 is 0 Å². The van der Waals surface area contributed by atoms with Crippen molar-refractivity contribution in [2.24, 2.45) is 5.73 Å². The maximum absolute atomic E-state index is 13.0. The number of thiophene rings is 1. The van der Waals surface area contributed by atoms with Gasteiger partial charge < -0.3 is 16.0 Å². The lowest BCUT2D eigenvalue weighted by atomic mass is 10.1. The van der Waals surface area contributed by atoms with Gasteiger partial charge in [0.25, 0.3) is 5.91 Å². The molecule has 8 heteroatoms. The summed E-state index contributed by atoms with van der Waals surface area (Å²) < 4.78 is 0.815. The average Bonchev–Trinajstić information content (AvgIpc) is 3.30. The zero-order chi connectivity index (χ0) is 18.1. The molecule has 1 aliphatic rings. The van der Waals surface area contributed by atoms with Gasteiger partial charge in [-0.05, 0) is 36.4 Å². The molecule has 2 atom stereocenters. The van der Waals surface area contributed by atoms with Crippen molar-refractivity contribution in [3.05, 3.63) is 47.2 Å². The quantitative estimate of drug-likeness (QED) is 0.734. The molecule has 3 aromatic heterocycles. The fraction of sp³-hybridized carbons (Fsp3) is 0.333. The summed E-state index contributed by atoms with van der Waals surface area (Å²) in [7, 11) is 0. The van der Waals surface area contributed by atoms with Gasteiger partial charge in [-0.15, -0.1) is 11.3 Å². The molecule has 0 radical (unpaired) electrons. The Balaban J connectivity index is 1.65. The zero-order valence-corrected chi connectivity index (χ0v) is 15.2. The zero-order valence-electron chi connectivity index (χ0n) is 14.4. The minimum absolute atomic E-state index is 0.0250. The highest BCUT2D eigenvalue weighted by Gasteiger charge is 2.28. The average molecular weight is 368 g/mol. The van der Waals surface area contributed by atoms with Crippen LogP contribution in [0, 0.1) is 0 Å². The normalized spacial score (nSPS) is 18.2. The van der Waals surface area contributed by atoms with Gasteiger partial charge in [0.15, 0.2) is 5.69 Å². The van der Waals surface area contributed by atoms with E-state index >= 15 is 0 Å². The predicted molar refractivity (Wildman–Crippen MR) is 102 cm³/mol. The van der Waals surface area contributed by atoms with Crippen LogP contribution < -0.4 is 11.1 Å². The molecule has 4 heterocycles. The van der Waals surface area contributed by atoms with Crippen molar-refractivity contribution in [1.29, 1.82) is 0 Å². The van der Waals surface area contributed by atoms with Crippen molar-refractivity contribution in [3.8, 4) is 0 Å². The molecule has 7 nitrogen and oxygen atoms in total. The van der Waals surface area contributed by atoms with Crippen LogP contribution in [0.5, 0.6) is 0 Å². The number of carbonyl (C=O) groups is 1. The first-order chi connectivity index (χ1) is 12.6. The SMILES string of the molecule is CC(Nc1nc(C(=O)N2CC[C@@H](N)C2)c2sccc2n1)c1cccnc1. The molecule has 3 aromatic rings. The largest absolute Gasteiger partial charge is 0.348 e. The molecule has 0 spiro atoms. The second-order valence-corrected chi connectivity index (χ2v) is 7.40. The van der Waals surface area contributed by atoms with E-state index in [9.17, 15) is 4.79 Å². The Labute approximate surface area is 155 Å². The Kier molecular flexibility index (Phi) is 4.52. The number of likely N-dealkylation sites (tertiary alicyclic amines) is 1. The summed E-state index contributed by atoms with van der Waals surface area (Å²) in [5, 5.41) is 5.21. The van der Waals surface area contributed by atoms with Crippen molar-refractivity contribution in [2.45, 2.75) is 25.4 Å². The van der Waals surface area contributed by atoms with Crippen LogP contribution in [0.15, 0.2) is 36.0 Å². The van der Waals surface area contributed by atoms with Crippen LogP contribution >= 0.6 is 11.3 Å². The third-order valence-corrected chi connectivity index (χ3v) is 5.46. The van der Waals surface area contributed by atoms with Gasteiger partial charge in [0, 0.05) is 31.5 Å². The number of amides is 1. The lowest BCUT2D eigenvalue weighted by molar-refractivity contribution is 0.0787. The number of fused-ring (bicyclic) bond motifs is 1. The molecular formula is C18H20N6OS. The van der Waals surface area contributed by atoms with E-state index < -0.39 is 0 Å². The summed E-state index contributed by atoms with van der Waals surface area (Å²) >= 11 is 1.48. The van der Waals surface area contributed by atoms with E-state index in [2.05, 4.69) is 20.3 Å². The fourth-order valence-electron chi connectivity index (χ4n) is 3.10. The Bertz CT molecular complexity index is 928. The summed E-state index contributed by atoms with van der Waals surface area (Å²) in [5.41, 5.74) is 8.20. The lowest BCUT2D eigenvalue weighted by Gasteiger charge is -2.17. The van der Waals surface area contributed by atoms with E-state index in [4.69, 9.17) is 5.73 Å². The van der Waals surface area contributed by atoms with Crippen molar-refractivity contribution >= 4 is 33.4 Å². The summed E-state index contributed by atoms with van der Waals surface area (Å²) in [6.07, 6.45) is 4.37. The van der Waals surface area contributed by atoms with Gasteiger partial charge in [-0.25, -0.2) is 9.97 Å². The lowest BCUT2D eigenvalue weighted by Crippen LogP contribution is -2.32. The molecule has 134 valence electrons. The maximum Gasteiger partial charge on any atom is 0.274 e. The first-order valence-corrected chi connectivity index (χ1v) is 9.46. The van der Waals surface area contributed by atoms with Crippen molar-refractivity contribution < 1.29 is 4.79 Å². The highest BCUT2D eigenvalue weighted by molar-refractivity contribution is 7.17. The molecule has 0 bridgehead atoms. The number of anilines is 1. The molecule has 0 aliphatic carbocycles. The number of pyridine rings is 1. The van der Waals surface area contributed by atoms with Gasteiger partial charge in [-0.1, -0.05) is 6.07 Å². The molecule has 4 rings (SSSR count). The van der Waals surface area contributed by atoms with Crippen LogP contribution in [0.1, 0.15) is 35.4 Å². The Hall–Kier alpha value is -2.58. The minimum atomic E-state index is -0.0788. The number of rotatable bonds is 4. The van der Waals surface area contributed by atoms with Gasteiger partial charge in [-0.3, -0.25) is 9.78 Å². The van der Waals surface area contributed by atoms with Gasteiger partial charge in [0.2, 0.25) is 5.95 Å². The van der Waals surface area contributed by atoms with Crippen LogP contribution in [0.3, 0.4) is 0 Å². The number of nitrogens with zero attached hydrogens (tertiary/aromatic N) is 4. The number of hydrogen-bond donors (Lipinski definition) is 2. The number of hydrogen-bond acceptors (Lipinski definition) is 7. The van der Waals surface area contributed by atoms with Crippen molar-refractivity contribution in [2.75, 3.05) is 18.4 Å². The predicted octanol–water partition coefficient (Wildman–Crippen LogP) is 2.43. The van der Waals surface area contributed by atoms with Gasteiger partial charge in [-0.2, -0.15) is 0 Å². The summed E-state index contributed by atoms with van der Waals surface area (Å²) in [6, 6.07) is 5.81. The molecule has 1 unspecified atom stereocenters. The Morgan fingerprint density at radius 3 is 3.04 bits per heavy atom. The van der Waals surface area contributed by atoms with Crippen molar-refractivity contribution in [3.63, 3.8) is 0 Å². The van der Waals surface area contributed by atoms with E-state index in [1.54, 1.807) is 17.3 Å². The first-order valence-electron chi connectivity index (χ1n) is 8.58. The van der Waals surface area contributed by atoms with E-state index in [1.807, 2.05) is 30.5 Å². The minimum Gasteiger partial charge on any atom is -0.348 e. The topological polar surface area (TPSA) is 97.0 Å². The Morgan fingerprint density at radius 2 is 2.31 bits per heavy atom. The van der Waals surface area contributed by atoms with Crippen LogP contribution in [0.2, 0.25) is 0 Å². The van der Waals surface area contributed by atoms with E-state index in [-0.39, 0.29) is 18.0 Å². The molecular weight excluding hydrogens is 348 g/mol. The smallest absolute Gasteiger partial charge is 0.274 e. The fourth-order valence-corrected chi connectivity index (χ4v) is 3.92. The third kappa shape index (κ3) is 3.25. The van der Waals surface area contributed by atoms with Gasteiger partial charge in [0.1, 0.15) is 0 Å². The van der Waals surface area contributed by atoms with Crippen LogP contribution in [-0.4, -0.2) is 44.9 Å². The second kappa shape index (κ2) is 6.97. The molecule has 0 saturated carbocycles. The van der Waals surface area contributed by atoms with Gasteiger partial charge in [0.05, 0.1) is 16.3 Å². The number of aromatic nitrogens is 3. The molecule has 1 aliphatic heterocycles. The standard InChI is InChI=1S/C18H20N6OS/c1-11(12-3-2-6-20-9-12)21-18-22-14-5-8-26-16(14)15(23-18)17(25)24-7-4-13(19)10-24/h2-3,5-6,8-9,11,13H,4,7,10,19H2,1H3,(H,21,22,23)/t11?,13-/m1/s1. The molecule has 0 aromatic carbocycles. The third-order valence-electron chi connectivity index (χ3n) is 4.55. The monoisotopic (exact) mass is 368 g/mol. The highest BCUT2D eigenvalue weighted by atomic mass is 32.1. The van der Waals surface area contributed by atoms with E-state index in [0.29, 0.717) is 24.7 Å². The molecule has 1 fully saturated rings. The molecule has 26 heavy (non-hydrogen) atoms. The maximum atomic E-state index is 13.0. The summed E-state index contributed by atoms with van der Waals surface area (Å²) in [5.74, 6) is 0.365. The summed E-state index contributed by atoms with van der Waals surface area (Å²) in [6.45, 7) is 3.26. The number of nitrogens with one attached hydrogen (secondary N) is 1. The first kappa shape index (κ1) is 16.9. The van der Waals surface area contributed by atoms with Crippen LogP contribution in [-0.2, 0) is 0 Å². The highest BCUT2D eigenvalue weighted by Crippen LogP contribution is 2.27. The van der Waals surface area contributed by atoms with Crippen molar-refractivity contribution in [1.82, 2.24) is 19.9 Å². The molecule has 1 amide bonds. The number of carbonyl (C=O) groups excluding carboxylic acids is 1. The Morgan fingerprint density at radius 1 is 1.42 bits per heavy atom. The molecule has 1 saturated heterocycles. The summed E-state index contributed by atoms with van der Waals surface area (Å²) in [4.78, 5) is 28.0.